The number of piperazine rings is 1. The van der Waals surface area contributed by atoms with E-state index in [9.17, 15) is 18.0 Å². The number of nitrogen functional groups attached to an aromatic ring is 1. The maximum absolute atomic E-state index is 13.7. The molecule has 0 atom stereocenters. The molecule has 0 saturated carbocycles. The second-order valence-corrected chi connectivity index (χ2v) is 7.74. The quantitative estimate of drug-likeness (QED) is 0.679. The monoisotopic (exact) mass is 440 g/mol. The maximum Gasteiger partial charge on any atom is 0.416 e. The first-order valence-electron chi connectivity index (χ1n) is 9.68. The van der Waals surface area contributed by atoms with Crippen molar-refractivity contribution in [3.63, 3.8) is 0 Å². The van der Waals surface area contributed by atoms with Crippen LogP contribution in [0.2, 0.25) is 5.02 Å². The zero-order valence-electron chi connectivity index (χ0n) is 16.6. The molecule has 0 radical (unpaired) electrons. The standard InChI is InChI=1S/C21H24ClF3N4O/c1-2-28-5-7-29(8-6-28)13-14-3-4-18(12-19(14)21(23,24)25)27-20(30)15-9-16(22)11-17(26)10-15/h3-4,9-12H,2,5-8,13,26H2,1H3,(H,27,30). The SMILES string of the molecule is CCN1CCN(Cc2ccc(NC(=O)c3cc(N)cc(Cl)c3)cc2C(F)(F)F)CC1. The van der Waals surface area contributed by atoms with Gasteiger partial charge in [-0.3, -0.25) is 9.69 Å². The van der Waals surface area contributed by atoms with Crippen molar-refractivity contribution in [1.82, 2.24) is 9.80 Å². The molecule has 162 valence electrons. The van der Waals surface area contributed by atoms with Gasteiger partial charge in [-0.2, -0.15) is 13.2 Å². The van der Waals surface area contributed by atoms with E-state index in [1.807, 2.05) is 4.90 Å². The van der Waals surface area contributed by atoms with Crippen LogP contribution in [0.5, 0.6) is 0 Å². The van der Waals surface area contributed by atoms with E-state index in [0.29, 0.717) is 5.69 Å². The van der Waals surface area contributed by atoms with E-state index in [4.69, 9.17) is 17.3 Å². The van der Waals surface area contributed by atoms with E-state index in [0.717, 1.165) is 38.8 Å². The number of halogens is 4. The van der Waals surface area contributed by atoms with Gasteiger partial charge in [0.15, 0.2) is 0 Å². The lowest BCUT2D eigenvalue weighted by Gasteiger charge is -2.34. The van der Waals surface area contributed by atoms with Gasteiger partial charge in [0.2, 0.25) is 0 Å². The molecular formula is C21H24ClF3N4O. The van der Waals surface area contributed by atoms with Crippen LogP contribution in [0.3, 0.4) is 0 Å². The van der Waals surface area contributed by atoms with Crippen LogP contribution < -0.4 is 11.1 Å². The van der Waals surface area contributed by atoms with Gasteiger partial charge in [0, 0.05) is 54.7 Å². The summed E-state index contributed by atoms with van der Waals surface area (Å²) in [5, 5.41) is 2.77. The molecule has 0 aliphatic carbocycles. The summed E-state index contributed by atoms with van der Waals surface area (Å²) in [5.41, 5.74) is 5.65. The fraction of sp³-hybridized carbons (Fsp3) is 0.381. The predicted molar refractivity (Wildman–Crippen MR) is 113 cm³/mol. The number of rotatable bonds is 5. The van der Waals surface area contributed by atoms with Crippen LogP contribution in [-0.2, 0) is 12.7 Å². The normalized spacial score (nSPS) is 15.9. The van der Waals surface area contributed by atoms with Crippen LogP contribution >= 0.6 is 11.6 Å². The number of amides is 1. The van der Waals surface area contributed by atoms with Crippen molar-refractivity contribution in [3.8, 4) is 0 Å². The van der Waals surface area contributed by atoms with E-state index >= 15 is 0 Å². The lowest BCUT2D eigenvalue weighted by Crippen LogP contribution is -2.45. The highest BCUT2D eigenvalue weighted by atomic mass is 35.5. The Labute approximate surface area is 178 Å². The third-order valence-electron chi connectivity index (χ3n) is 5.16. The zero-order valence-corrected chi connectivity index (χ0v) is 17.4. The number of anilines is 2. The fourth-order valence-corrected chi connectivity index (χ4v) is 3.75. The molecule has 3 rings (SSSR count). The number of nitrogens with zero attached hydrogens (tertiary/aromatic N) is 2. The van der Waals surface area contributed by atoms with Crippen LogP contribution in [0, 0.1) is 0 Å². The van der Waals surface area contributed by atoms with Crippen molar-refractivity contribution in [2.75, 3.05) is 43.8 Å². The van der Waals surface area contributed by atoms with E-state index in [-0.39, 0.29) is 28.4 Å². The molecule has 1 fully saturated rings. The molecule has 0 bridgehead atoms. The minimum atomic E-state index is -4.53. The number of carbonyl (C=O) groups excluding carboxylic acids is 1. The molecule has 1 amide bonds. The van der Waals surface area contributed by atoms with Crippen molar-refractivity contribution in [2.24, 2.45) is 0 Å². The summed E-state index contributed by atoms with van der Waals surface area (Å²) in [6.07, 6.45) is -4.53. The van der Waals surface area contributed by atoms with Crippen molar-refractivity contribution < 1.29 is 18.0 Å². The maximum atomic E-state index is 13.7. The summed E-state index contributed by atoms with van der Waals surface area (Å²) in [7, 11) is 0. The Hall–Kier alpha value is -2.29. The Morgan fingerprint density at radius 2 is 1.77 bits per heavy atom. The molecule has 0 unspecified atom stereocenters. The molecule has 1 aliphatic heterocycles. The summed E-state index contributed by atoms with van der Waals surface area (Å²) >= 11 is 5.90. The number of benzene rings is 2. The zero-order chi connectivity index (χ0) is 21.9. The lowest BCUT2D eigenvalue weighted by atomic mass is 10.0. The Morgan fingerprint density at radius 3 is 2.37 bits per heavy atom. The predicted octanol–water partition coefficient (Wildman–Crippen LogP) is 4.33. The minimum absolute atomic E-state index is 0.0606. The average molecular weight is 441 g/mol. The smallest absolute Gasteiger partial charge is 0.399 e. The number of carbonyl (C=O) groups is 1. The molecule has 9 heteroatoms. The van der Waals surface area contributed by atoms with Crippen molar-refractivity contribution in [1.29, 1.82) is 0 Å². The molecule has 0 aromatic heterocycles. The highest BCUT2D eigenvalue weighted by Crippen LogP contribution is 2.34. The molecule has 1 saturated heterocycles. The molecule has 2 aromatic carbocycles. The third kappa shape index (κ3) is 5.65. The van der Waals surface area contributed by atoms with Crippen LogP contribution in [0.1, 0.15) is 28.4 Å². The Bertz CT molecular complexity index is 891. The van der Waals surface area contributed by atoms with Crippen molar-refractivity contribution in [3.05, 3.63) is 58.1 Å². The van der Waals surface area contributed by atoms with Gasteiger partial charge in [-0.1, -0.05) is 24.6 Å². The van der Waals surface area contributed by atoms with Crippen molar-refractivity contribution in [2.45, 2.75) is 19.6 Å². The van der Waals surface area contributed by atoms with Gasteiger partial charge in [0.05, 0.1) is 5.56 Å². The number of hydrogen-bond donors (Lipinski definition) is 2. The van der Waals surface area contributed by atoms with Crippen LogP contribution in [0.15, 0.2) is 36.4 Å². The van der Waals surface area contributed by atoms with E-state index in [1.54, 1.807) is 0 Å². The Balaban J connectivity index is 1.78. The summed E-state index contributed by atoms with van der Waals surface area (Å²) in [6, 6.07) is 8.19. The Morgan fingerprint density at radius 1 is 1.10 bits per heavy atom. The van der Waals surface area contributed by atoms with Gasteiger partial charge in [-0.05, 0) is 42.4 Å². The van der Waals surface area contributed by atoms with Gasteiger partial charge < -0.3 is 16.0 Å². The second kappa shape index (κ2) is 9.24. The lowest BCUT2D eigenvalue weighted by molar-refractivity contribution is -0.138. The highest BCUT2D eigenvalue weighted by Gasteiger charge is 2.34. The fourth-order valence-electron chi connectivity index (χ4n) is 3.51. The topological polar surface area (TPSA) is 61.6 Å². The molecule has 2 aromatic rings. The number of nitrogens with two attached hydrogens (primary N) is 1. The largest absolute Gasteiger partial charge is 0.416 e. The van der Waals surface area contributed by atoms with Gasteiger partial charge in [0.1, 0.15) is 0 Å². The summed E-state index contributed by atoms with van der Waals surface area (Å²) in [6.45, 7) is 6.35. The average Bonchev–Trinajstić information content (AvgIpc) is 2.68. The van der Waals surface area contributed by atoms with Gasteiger partial charge in [0.25, 0.3) is 5.91 Å². The first kappa shape index (κ1) is 22.4. The molecule has 5 nitrogen and oxygen atoms in total. The van der Waals surface area contributed by atoms with E-state index in [1.165, 1.54) is 30.3 Å². The molecule has 30 heavy (non-hydrogen) atoms. The molecule has 0 spiro atoms. The molecule has 1 aliphatic rings. The number of alkyl halides is 3. The number of likely N-dealkylation sites (N-methyl/N-ethyl adjacent to an activating group) is 1. The Kier molecular flexibility index (Phi) is 6.90. The summed E-state index contributed by atoms with van der Waals surface area (Å²) in [5.74, 6) is -0.583. The third-order valence-corrected chi connectivity index (χ3v) is 5.38. The highest BCUT2D eigenvalue weighted by molar-refractivity contribution is 6.31. The summed E-state index contributed by atoms with van der Waals surface area (Å²) in [4.78, 5) is 16.7. The van der Waals surface area contributed by atoms with Crippen LogP contribution in [0.4, 0.5) is 24.5 Å². The second-order valence-electron chi connectivity index (χ2n) is 7.31. The van der Waals surface area contributed by atoms with E-state index < -0.39 is 17.6 Å². The van der Waals surface area contributed by atoms with Gasteiger partial charge in [-0.25, -0.2) is 0 Å². The van der Waals surface area contributed by atoms with E-state index in [2.05, 4.69) is 17.1 Å². The molecular weight excluding hydrogens is 417 g/mol. The molecule has 3 N–H and O–H groups in total. The van der Waals surface area contributed by atoms with Gasteiger partial charge >= 0.3 is 6.18 Å². The van der Waals surface area contributed by atoms with Crippen molar-refractivity contribution >= 4 is 28.9 Å². The summed E-state index contributed by atoms with van der Waals surface area (Å²) < 4.78 is 41.1. The minimum Gasteiger partial charge on any atom is -0.399 e. The number of hydrogen-bond acceptors (Lipinski definition) is 4. The van der Waals surface area contributed by atoms with Crippen LogP contribution in [-0.4, -0.2) is 48.4 Å². The van der Waals surface area contributed by atoms with Gasteiger partial charge in [-0.15, -0.1) is 0 Å². The number of nitrogens with one attached hydrogen (secondary N) is 1. The van der Waals surface area contributed by atoms with Crippen LogP contribution in [0.25, 0.3) is 0 Å². The first-order valence-corrected chi connectivity index (χ1v) is 10.1. The molecule has 1 heterocycles. The first-order chi connectivity index (χ1) is 14.2.